The Balaban J connectivity index is 3.23. The molecule has 0 aliphatic heterocycles. The van der Waals surface area contributed by atoms with Gasteiger partial charge in [-0.3, -0.25) is 0 Å². The van der Waals surface area contributed by atoms with Gasteiger partial charge in [-0.25, -0.2) is 0 Å². The molecule has 0 aliphatic carbocycles. The average molecular weight is 227 g/mol. The van der Waals surface area contributed by atoms with Crippen LogP contribution < -0.4 is 0 Å². The third-order valence-electron chi connectivity index (χ3n) is 1.90. The van der Waals surface area contributed by atoms with Gasteiger partial charge in [-0.05, 0) is 23.8 Å². The Morgan fingerprint density at radius 3 is 2.56 bits per heavy atom. The van der Waals surface area contributed by atoms with Crippen LogP contribution >= 0.6 is 0 Å². The van der Waals surface area contributed by atoms with Gasteiger partial charge in [-0.2, -0.15) is 18.4 Å². The molecule has 1 rings (SSSR count). The van der Waals surface area contributed by atoms with Crippen LogP contribution in [0, 0.1) is 11.3 Å². The molecule has 0 fully saturated rings. The highest BCUT2D eigenvalue weighted by Gasteiger charge is 2.30. The fraction of sp³-hybridized carbons (Fsp3) is 0.182. The van der Waals surface area contributed by atoms with E-state index in [0.29, 0.717) is 0 Å². The van der Waals surface area contributed by atoms with Gasteiger partial charge >= 0.3 is 6.18 Å². The summed E-state index contributed by atoms with van der Waals surface area (Å²) in [5, 5.41) is 17.2. The highest BCUT2D eigenvalue weighted by Crippen LogP contribution is 2.30. The lowest BCUT2D eigenvalue weighted by Gasteiger charge is -2.08. The minimum absolute atomic E-state index is 0.137. The first kappa shape index (κ1) is 12.3. The summed E-state index contributed by atoms with van der Waals surface area (Å²) < 4.78 is 37.1. The lowest BCUT2D eigenvalue weighted by Crippen LogP contribution is -2.05. The van der Waals surface area contributed by atoms with Crippen LogP contribution in [0.5, 0.6) is 0 Å². The molecule has 0 heterocycles. The molecular formula is C11H8F3NO. The van der Waals surface area contributed by atoms with Crippen LogP contribution in [0.15, 0.2) is 24.3 Å². The molecule has 1 N–H and O–H groups in total. The summed E-state index contributed by atoms with van der Waals surface area (Å²) in [6, 6.07) is 4.63. The molecule has 0 atom stereocenters. The van der Waals surface area contributed by atoms with E-state index in [0.717, 1.165) is 18.2 Å². The number of nitriles is 1. The van der Waals surface area contributed by atoms with Gasteiger partial charge in [0.05, 0.1) is 23.8 Å². The number of halogens is 3. The highest BCUT2D eigenvalue weighted by atomic mass is 19.4. The highest BCUT2D eigenvalue weighted by molar-refractivity contribution is 5.59. The van der Waals surface area contributed by atoms with E-state index >= 15 is 0 Å². The molecular weight excluding hydrogens is 219 g/mol. The molecule has 1 aromatic rings. The van der Waals surface area contributed by atoms with Crippen molar-refractivity contribution in [2.45, 2.75) is 6.18 Å². The van der Waals surface area contributed by atoms with E-state index in [4.69, 9.17) is 10.4 Å². The summed E-state index contributed by atoms with van der Waals surface area (Å²) in [6.45, 7) is -0.291. The average Bonchev–Trinajstić information content (AvgIpc) is 2.24. The minimum atomic E-state index is -4.43. The zero-order valence-electron chi connectivity index (χ0n) is 8.12. The summed E-state index contributed by atoms with van der Waals surface area (Å²) in [7, 11) is 0. The van der Waals surface area contributed by atoms with Gasteiger partial charge in [0.15, 0.2) is 0 Å². The molecule has 5 heteroatoms. The molecule has 2 nitrogen and oxygen atoms in total. The molecule has 0 unspecified atom stereocenters. The Labute approximate surface area is 90.2 Å². The molecule has 0 aromatic heterocycles. The Hall–Kier alpha value is -1.80. The van der Waals surface area contributed by atoms with Crippen molar-refractivity contribution in [3.63, 3.8) is 0 Å². The second-order valence-electron chi connectivity index (χ2n) is 3.00. The SMILES string of the molecule is N#Cc1ccc(C(F)(F)F)cc1C=CCO. The quantitative estimate of drug-likeness (QED) is 0.843. The van der Waals surface area contributed by atoms with Crippen molar-refractivity contribution in [1.29, 1.82) is 5.26 Å². The number of nitrogens with zero attached hydrogens (tertiary/aromatic N) is 1. The molecule has 16 heavy (non-hydrogen) atoms. The van der Waals surface area contributed by atoms with Gasteiger partial charge in [0.2, 0.25) is 0 Å². The first-order valence-corrected chi connectivity index (χ1v) is 4.38. The van der Waals surface area contributed by atoms with Crippen LogP contribution in [0.4, 0.5) is 13.2 Å². The molecule has 0 bridgehead atoms. The van der Waals surface area contributed by atoms with Crippen LogP contribution in [0.25, 0.3) is 6.08 Å². The first-order chi connectivity index (χ1) is 7.49. The fourth-order valence-corrected chi connectivity index (χ4v) is 1.16. The Kier molecular flexibility index (Phi) is 3.69. The number of alkyl halides is 3. The predicted octanol–water partition coefficient (Wildman–Crippen LogP) is 2.58. The van der Waals surface area contributed by atoms with E-state index in [2.05, 4.69) is 0 Å². The normalized spacial score (nSPS) is 11.7. The zero-order chi connectivity index (χ0) is 12.2. The number of aliphatic hydroxyl groups is 1. The van der Waals surface area contributed by atoms with E-state index in [9.17, 15) is 13.2 Å². The van der Waals surface area contributed by atoms with Crippen molar-refractivity contribution >= 4 is 6.08 Å². The van der Waals surface area contributed by atoms with Gasteiger partial charge in [0.25, 0.3) is 0 Å². The van der Waals surface area contributed by atoms with Gasteiger partial charge in [-0.15, -0.1) is 0 Å². The van der Waals surface area contributed by atoms with Gasteiger partial charge in [-0.1, -0.05) is 12.2 Å². The van der Waals surface area contributed by atoms with Crippen molar-refractivity contribution < 1.29 is 18.3 Å². The molecule has 84 valence electrons. The minimum Gasteiger partial charge on any atom is -0.392 e. The Morgan fingerprint density at radius 2 is 2.06 bits per heavy atom. The maximum Gasteiger partial charge on any atom is 0.416 e. The van der Waals surface area contributed by atoms with Crippen molar-refractivity contribution in [2.75, 3.05) is 6.61 Å². The van der Waals surface area contributed by atoms with Crippen LogP contribution in [0.1, 0.15) is 16.7 Å². The van der Waals surface area contributed by atoms with E-state index in [1.807, 2.05) is 0 Å². The number of rotatable bonds is 2. The lowest BCUT2D eigenvalue weighted by atomic mass is 10.0. The van der Waals surface area contributed by atoms with Crippen LogP contribution in [-0.4, -0.2) is 11.7 Å². The van der Waals surface area contributed by atoms with Gasteiger partial charge in [0.1, 0.15) is 0 Å². The summed E-state index contributed by atoms with van der Waals surface area (Å²) in [5.41, 5.74) is -0.534. The van der Waals surface area contributed by atoms with Crippen molar-refractivity contribution in [2.24, 2.45) is 0 Å². The molecule has 1 aromatic carbocycles. The van der Waals surface area contributed by atoms with Crippen molar-refractivity contribution in [1.82, 2.24) is 0 Å². The van der Waals surface area contributed by atoms with E-state index in [1.54, 1.807) is 6.07 Å². The molecule has 0 amide bonds. The number of hydrogen-bond donors (Lipinski definition) is 1. The van der Waals surface area contributed by atoms with Crippen molar-refractivity contribution in [3.8, 4) is 6.07 Å². The summed E-state index contributed by atoms with van der Waals surface area (Å²) in [5.74, 6) is 0. The smallest absolute Gasteiger partial charge is 0.392 e. The second-order valence-corrected chi connectivity index (χ2v) is 3.00. The number of aliphatic hydroxyl groups excluding tert-OH is 1. The second kappa shape index (κ2) is 4.81. The summed E-state index contributed by atoms with van der Waals surface area (Å²) in [4.78, 5) is 0. The third-order valence-corrected chi connectivity index (χ3v) is 1.90. The van der Waals surface area contributed by atoms with Crippen LogP contribution in [0.3, 0.4) is 0 Å². The van der Waals surface area contributed by atoms with Crippen LogP contribution in [-0.2, 0) is 6.18 Å². The standard InChI is InChI=1S/C11H8F3NO/c12-11(13,14)10-4-3-9(7-15)8(6-10)2-1-5-16/h1-4,6,16H,5H2. The van der Waals surface area contributed by atoms with Gasteiger partial charge < -0.3 is 5.11 Å². The maximum absolute atomic E-state index is 12.4. The Bertz CT molecular complexity index is 444. The fourth-order valence-electron chi connectivity index (χ4n) is 1.16. The molecule has 0 radical (unpaired) electrons. The maximum atomic E-state index is 12.4. The van der Waals surface area contributed by atoms with E-state index in [1.165, 1.54) is 12.2 Å². The summed E-state index contributed by atoms with van der Waals surface area (Å²) >= 11 is 0. The molecule has 0 spiro atoms. The largest absolute Gasteiger partial charge is 0.416 e. The van der Waals surface area contributed by atoms with E-state index in [-0.39, 0.29) is 17.7 Å². The van der Waals surface area contributed by atoms with Crippen LogP contribution in [0.2, 0.25) is 0 Å². The molecule has 0 saturated heterocycles. The van der Waals surface area contributed by atoms with Gasteiger partial charge in [0, 0.05) is 0 Å². The molecule has 0 saturated carbocycles. The molecule has 0 aliphatic rings. The lowest BCUT2D eigenvalue weighted by molar-refractivity contribution is -0.137. The predicted molar refractivity (Wildman–Crippen MR) is 52.3 cm³/mol. The Morgan fingerprint density at radius 1 is 1.38 bits per heavy atom. The van der Waals surface area contributed by atoms with Crippen molar-refractivity contribution in [3.05, 3.63) is 41.0 Å². The zero-order valence-corrected chi connectivity index (χ0v) is 8.12. The third kappa shape index (κ3) is 2.84. The monoisotopic (exact) mass is 227 g/mol. The first-order valence-electron chi connectivity index (χ1n) is 4.38. The topological polar surface area (TPSA) is 44.0 Å². The van der Waals surface area contributed by atoms with E-state index < -0.39 is 11.7 Å². The number of hydrogen-bond acceptors (Lipinski definition) is 2. The summed E-state index contributed by atoms with van der Waals surface area (Å²) in [6.07, 6.45) is -1.88. The number of benzene rings is 1.